The Hall–Kier alpha value is -2.83. The third kappa shape index (κ3) is 5.95. The number of pyridine rings is 1. The predicted molar refractivity (Wildman–Crippen MR) is 89.8 cm³/mol. The van der Waals surface area contributed by atoms with Crippen LogP contribution in [0.5, 0.6) is 5.88 Å². The first kappa shape index (κ1) is 18.5. The minimum absolute atomic E-state index is 0.0805. The lowest BCUT2D eigenvalue weighted by Gasteiger charge is -2.09. The molecule has 0 bridgehead atoms. The molecule has 132 valence electrons. The topological polar surface area (TPSA) is 91.3 Å². The molecule has 0 fully saturated rings. The van der Waals surface area contributed by atoms with Crippen molar-refractivity contribution in [2.75, 3.05) is 0 Å². The number of aryl methyl sites for hydroxylation is 3. The highest BCUT2D eigenvalue weighted by Crippen LogP contribution is 2.10. The third-order valence-corrected chi connectivity index (χ3v) is 3.57. The highest BCUT2D eigenvalue weighted by Gasteiger charge is 2.11. The molecule has 2 aromatic rings. The van der Waals surface area contributed by atoms with Gasteiger partial charge in [-0.05, 0) is 33.3 Å². The second kappa shape index (κ2) is 8.86. The van der Waals surface area contributed by atoms with Gasteiger partial charge in [0.2, 0.25) is 5.88 Å². The molecule has 2 rings (SSSR count). The summed E-state index contributed by atoms with van der Waals surface area (Å²) in [5.41, 5.74) is 3.06. The van der Waals surface area contributed by atoms with Crippen LogP contribution in [0.4, 0.5) is 0 Å². The van der Waals surface area contributed by atoms with Gasteiger partial charge in [-0.15, -0.1) is 0 Å². The first-order valence-corrected chi connectivity index (χ1v) is 8.03. The summed E-state index contributed by atoms with van der Waals surface area (Å²) in [6.45, 7) is 5.66. The Balaban J connectivity index is 1.70. The quantitative estimate of drug-likeness (QED) is 0.714. The lowest BCUT2D eigenvalue weighted by Crippen LogP contribution is -2.12. The molecule has 0 saturated carbocycles. The SMILES string of the molecule is Cc1nc(C)c(COC(=O)CCCC(=O)Oc2ccccn2)nc1C. The Morgan fingerprint density at radius 1 is 0.960 bits per heavy atom. The van der Waals surface area contributed by atoms with Gasteiger partial charge in [0.05, 0.1) is 22.8 Å². The molecule has 0 aliphatic carbocycles. The maximum absolute atomic E-state index is 11.8. The number of carbonyl (C=O) groups excluding carboxylic acids is 2. The van der Waals surface area contributed by atoms with Crippen LogP contribution in [0.15, 0.2) is 24.4 Å². The van der Waals surface area contributed by atoms with Crippen molar-refractivity contribution in [3.63, 3.8) is 0 Å². The largest absolute Gasteiger partial charge is 0.459 e. The van der Waals surface area contributed by atoms with Crippen LogP contribution in [0.1, 0.15) is 42.0 Å². The summed E-state index contributed by atoms with van der Waals surface area (Å²) in [4.78, 5) is 36.1. The zero-order valence-corrected chi connectivity index (χ0v) is 14.6. The van der Waals surface area contributed by atoms with Crippen LogP contribution in [-0.2, 0) is 20.9 Å². The smallest absolute Gasteiger partial charge is 0.312 e. The fourth-order valence-electron chi connectivity index (χ4n) is 2.07. The number of hydrogen-bond donors (Lipinski definition) is 0. The maximum Gasteiger partial charge on any atom is 0.312 e. The third-order valence-electron chi connectivity index (χ3n) is 3.57. The normalized spacial score (nSPS) is 10.4. The molecular weight excluding hydrogens is 322 g/mol. The number of aromatic nitrogens is 3. The van der Waals surface area contributed by atoms with E-state index in [-0.39, 0.29) is 31.3 Å². The Morgan fingerprint density at radius 3 is 2.40 bits per heavy atom. The molecule has 0 atom stereocenters. The minimum Gasteiger partial charge on any atom is -0.459 e. The minimum atomic E-state index is -0.428. The molecule has 0 aromatic carbocycles. The van der Waals surface area contributed by atoms with Gasteiger partial charge in [-0.2, -0.15) is 0 Å². The van der Waals surface area contributed by atoms with Gasteiger partial charge in [-0.25, -0.2) is 4.98 Å². The van der Waals surface area contributed by atoms with Crippen LogP contribution in [0, 0.1) is 20.8 Å². The highest BCUT2D eigenvalue weighted by molar-refractivity contribution is 5.73. The summed E-state index contributed by atoms with van der Waals surface area (Å²) in [6.07, 6.45) is 2.14. The van der Waals surface area contributed by atoms with E-state index in [1.54, 1.807) is 18.2 Å². The van der Waals surface area contributed by atoms with Crippen molar-refractivity contribution >= 4 is 11.9 Å². The van der Waals surface area contributed by atoms with Crippen LogP contribution in [0.25, 0.3) is 0 Å². The number of nitrogens with zero attached hydrogens (tertiary/aromatic N) is 3. The molecule has 0 amide bonds. The number of rotatable bonds is 7. The van der Waals surface area contributed by atoms with Crippen molar-refractivity contribution in [1.29, 1.82) is 0 Å². The van der Waals surface area contributed by atoms with Gasteiger partial charge in [0.1, 0.15) is 6.61 Å². The first-order chi connectivity index (χ1) is 12.0. The number of carbonyl (C=O) groups is 2. The van der Waals surface area contributed by atoms with Gasteiger partial charge in [-0.1, -0.05) is 6.07 Å². The lowest BCUT2D eigenvalue weighted by atomic mass is 10.2. The summed E-state index contributed by atoms with van der Waals surface area (Å²) in [5.74, 6) is -0.564. The van der Waals surface area contributed by atoms with Crippen LogP contribution in [-0.4, -0.2) is 26.9 Å². The fraction of sp³-hybridized carbons (Fsp3) is 0.389. The molecule has 0 aliphatic rings. The van der Waals surface area contributed by atoms with Crippen LogP contribution in [0.2, 0.25) is 0 Å². The van der Waals surface area contributed by atoms with Crippen molar-refractivity contribution in [3.05, 3.63) is 47.2 Å². The molecule has 2 heterocycles. The molecule has 2 aromatic heterocycles. The van der Waals surface area contributed by atoms with Gasteiger partial charge >= 0.3 is 11.9 Å². The molecule has 0 unspecified atom stereocenters. The van der Waals surface area contributed by atoms with E-state index >= 15 is 0 Å². The maximum atomic E-state index is 11.8. The van der Waals surface area contributed by atoms with E-state index in [0.717, 1.165) is 17.1 Å². The second-order valence-corrected chi connectivity index (χ2v) is 5.58. The molecule has 0 saturated heterocycles. The van der Waals surface area contributed by atoms with Gasteiger partial charge in [0.25, 0.3) is 0 Å². The van der Waals surface area contributed by atoms with Crippen molar-refractivity contribution in [2.45, 2.75) is 46.6 Å². The molecule has 25 heavy (non-hydrogen) atoms. The van der Waals surface area contributed by atoms with Crippen LogP contribution < -0.4 is 4.74 Å². The van der Waals surface area contributed by atoms with E-state index in [1.165, 1.54) is 6.20 Å². The Labute approximate surface area is 146 Å². The van der Waals surface area contributed by atoms with Gasteiger partial charge in [0.15, 0.2) is 0 Å². The van der Waals surface area contributed by atoms with Gasteiger partial charge in [-0.3, -0.25) is 19.6 Å². The molecule has 0 radical (unpaired) electrons. The van der Waals surface area contributed by atoms with Crippen molar-refractivity contribution in [2.24, 2.45) is 0 Å². The monoisotopic (exact) mass is 343 g/mol. The van der Waals surface area contributed by atoms with E-state index in [0.29, 0.717) is 12.1 Å². The number of ether oxygens (including phenoxy) is 2. The summed E-state index contributed by atoms with van der Waals surface area (Å²) >= 11 is 0. The molecule has 0 aliphatic heterocycles. The summed E-state index contributed by atoms with van der Waals surface area (Å²) in [7, 11) is 0. The summed E-state index contributed by atoms with van der Waals surface area (Å²) in [5, 5.41) is 0. The van der Waals surface area contributed by atoms with Crippen molar-refractivity contribution < 1.29 is 19.1 Å². The van der Waals surface area contributed by atoms with Crippen LogP contribution >= 0.6 is 0 Å². The zero-order chi connectivity index (χ0) is 18.2. The standard InChI is InChI=1S/C18H21N3O4/c1-12-13(2)21-15(14(3)20-12)11-24-17(22)8-6-9-18(23)25-16-7-4-5-10-19-16/h4-5,7,10H,6,8-9,11H2,1-3H3. The summed E-state index contributed by atoms with van der Waals surface area (Å²) < 4.78 is 10.2. The zero-order valence-electron chi connectivity index (χ0n) is 14.6. The molecule has 7 nitrogen and oxygen atoms in total. The lowest BCUT2D eigenvalue weighted by molar-refractivity contribution is -0.145. The second-order valence-electron chi connectivity index (χ2n) is 5.58. The molecular formula is C18H21N3O4. The van der Waals surface area contributed by atoms with Crippen molar-refractivity contribution in [3.8, 4) is 5.88 Å². The Morgan fingerprint density at radius 2 is 1.68 bits per heavy atom. The average molecular weight is 343 g/mol. The summed E-state index contributed by atoms with van der Waals surface area (Å²) in [6, 6.07) is 5.05. The molecule has 0 spiro atoms. The predicted octanol–water partition coefficient (Wildman–Crippen LogP) is 2.62. The Kier molecular flexibility index (Phi) is 6.56. The Bertz CT molecular complexity index is 747. The highest BCUT2D eigenvalue weighted by atomic mass is 16.5. The van der Waals surface area contributed by atoms with E-state index in [9.17, 15) is 9.59 Å². The van der Waals surface area contributed by atoms with E-state index in [4.69, 9.17) is 9.47 Å². The van der Waals surface area contributed by atoms with E-state index < -0.39 is 5.97 Å². The first-order valence-electron chi connectivity index (χ1n) is 8.03. The number of hydrogen-bond acceptors (Lipinski definition) is 7. The molecule has 0 N–H and O–H groups in total. The fourth-order valence-corrected chi connectivity index (χ4v) is 2.07. The average Bonchev–Trinajstić information content (AvgIpc) is 2.58. The van der Waals surface area contributed by atoms with Gasteiger partial charge in [0, 0.05) is 25.1 Å². The van der Waals surface area contributed by atoms with E-state index in [1.807, 2.05) is 20.8 Å². The molecule has 7 heteroatoms. The van der Waals surface area contributed by atoms with Gasteiger partial charge < -0.3 is 9.47 Å². The number of esters is 2. The van der Waals surface area contributed by atoms with Crippen molar-refractivity contribution in [1.82, 2.24) is 15.0 Å². The van der Waals surface area contributed by atoms with E-state index in [2.05, 4.69) is 15.0 Å². The van der Waals surface area contributed by atoms with Crippen LogP contribution in [0.3, 0.4) is 0 Å².